The van der Waals surface area contributed by atoms with Crippen molar-refractivity contribution in [2.45, 2.75) is 13.0 Å². The number of carboxylic acids is 1. The Morgan fingerprint density at radius 2 is 2.00 bits per heavy atom. The van der Waals surface area contributed by atoms with Crippen molar-refractivity contribution in [3.8, 4) is 0 Å². The minimum absolute atomic E-state index is 0.00515. The third-order valence-electron chi connectivity index (χ3n) is 3.44. The second-order valence-electron chi connectivity index (χ2n) is 4.68. The van der Waals surface area contributed by atoms with E-state index in [1.54, 1.807) is 17.0 Å². The molecule has 0 saturated carbocycles. The van der Waals surface area contributed by atoms with E-state index in [0.29, 0.717) is 24.1 Å². The van der Waals surface area contributed by atoms with Crippen molar-refractivity contribution in [3.63, 3.8) is 0 Å². The molecule has 6 nitrogen and oxygen atoms in total. The predicted octanol–water partition coefficient (Wildman–Crippen LogP) is 1.31. The molecule has 0 fully saturated rings. The minimum Gasteiger partial charge on any atom is -0.476 e. The Bertz CT molecular complexity index is 664. The van der Waals surface area contributed by atoms with Crippen LogP contribution in [-0.4, -0.2) is 38.6 Å². The summed E-state index contributed by atoms with van der Waals surface area (Å²) < 4.78 is 0. The summed E-state index contributed by atoms with van der Waals surface area (Å²) in [6.45, 7) is 0.836. The molecule has 1 aromatic heterocycles. The van der Waals surface area contributed by atoms with Gasteiger partial charge in [0.15, 0.2) is 5.69 Å². The maximum atomic E-state index is 12.4. The molecule has 6 heteroatoms. The lowest BCUT2D eigenvalue weighted by Crippen LogP contribution is -2.36. The highest BCUT2D eigenvalue weighted by molar-refractivity contribution is 5.94. The number of aromatic amines is 1. The second kappa shape index (κ2) is 4.80. The van der Waals surface area contributed by atoms with Gasteiger partial charge in [0.25, 0.3) is 5.91 Å². The molecule has 1 aromatic carbocycles. The van der Waals surface area contributed by atoms with Crippen LogP contribution in [0.5, 0.6) is 0 Å². The molecule has 0 bridgehead atoms. The first-order valence-corrected chi connectivity index (χ1v) is 6.30. The third-order valence-corrected chi connectivity index (χ3v) is 3.44. The molecule has 1 aliphatic rings. The number of aromatic nitrogens is 2. The molecule has 3 rings (SSSR count). The molecule has 0 aliphatic carbocycles. The van der Waals surface area contributed by atoms with Crippen LogP contribution in [0.15, 0.2) is 30.3 Å². The van der Waals surface area contributed by atoms with Crippen LogP contribution in [0.2, 0.25) is 0 Å². The molecule has 1 aliphatic heterocycles. The van der Waals surface area contributed by atoms with E-state index in [4.69, 9.17) is 5.11 Å². The van der Waals surface area contributed by atoms with E-state index in [1.165, 1.54) is 0 Å². The van der Waals surface area contributed by atoms with Crippen molar-refractivity contribution >= 4 is 11.9 Å². The Morgan fingerprint density at radius 1 is 1.25 bits per heavy atom. The van der Waals surface area contributed by atoms with Crippen molar-refractivity contribution in [1.82, 2.24) is 15.1 Å². The van der Waals surface area contributed by atoms with Gasteiger partial charge in [-0.25, -0.2) is 4.79 Å². The Balaban J connectivity index is 1.87. The summed E-state index contributed by atoms with van der Waals surface area (Å²) in [6.07, 6.45) is 0.591. The number of benzene rings is 1. The first kappa shape index (κ1) is 12.4. The zero-order chi connectivity index (χ0) is 14.1. The average molecular weight is 271 g/mol. The molecule has 2 heterocycles. The Morgan fingerprint density at radius 3 is 2.70 bits per heavy atom. The van der Waals surface area contributed by atoms with Crippen molar-refractivity contribution < 1.29 is 14.7 Å². The monoisotopic (exact) mass is 271 g/mol. The maximum Gasteiger partial charge on any atom is 0.356 e. The fourth-order valence-electron chi connectivity index (χ4n) is 2.41. The number of rotatable bonds is 2. The number of nitrogens with zero attached hydrogens (tertiary/aromatic N) is 2. The fourth-order valence-corrected chi connectivity index (χ4v) is 2.41. The smallest absolute Gasteiger partial charge is 0.356 e. The topological polar surface area (TPSA) is 86.3 Å². The molecular weight excluding hydrogens is 258 g/mol. The maximum absolute atomic E-state index is 12.4. The lowest BCUT2D eigenvalue weighted by atomic mass is 10.0. The van der Waals surface area contributed by atoms with E-state index < -0.39 is 5.97 Å². The highest BCUT2D eigenvalue weighted by atomic mass is 16.4. The van der Waals surface area contributed by atoms with E-state index in [9.17, 15) is 9.59 Å². The molecule has 20 heavy (non-hydrogen) atoms. The van der Waals surface area contributed by atoms with Gasteiger partial charge < -0.3 is 10.0 Å². The summed E-state index contributed by atoms with van der Waals surface area (Å²) in [6, 6.07) is 8.98. The van der Waals surface area contributed by atoms with Crippen LogP contribution < -0.4 is 0 Å². The Hall–Kier alpha value is -2.63. The van der Waals surface area contributed by atoms with Gasteiger partial charge in [-0.05, 0) is 12.1 Å². The van der Waals surface area contributed by atoms with E-state index in [1.807, 2.05) is 18.2 Å². The Labute approximate surface area is 115 Å². The number of hydrogen-bond acceptors (Lipinski definition) is 3. The van der Waals surface area contributed by atoms with Crippen LogP contribution in [0.3, 0.4) is 0 Å². The van der Waals surface area contributed by atoms with Gasteiger partial charge in [-0.3, -0.25) is 9.89 Å². The van der Waals surface area contributed by atoms with Crippen LogP contribution in [-0.2, 0) is 13.0 Å². The summed E-state index contributed by atoms with van der Waals surface area (Å²) in [5.41, 5.74) is 2.02. The average Bonchev–Trinajstić information content (AvgIpc) is 2.90. The van der Waals surface area contributed by atoms with Gasteiger partial charge >= 0.3 is 5.97 Å². The van der Waals surface area contributed by atoms with Crippen LogP contribution in [0.25, 0.3) is 0 Å². The van der Waals surface area contributed by atoms with Gasteiger partial charge in [-0.2, -0.15) is 5.10 Å². The summed E-state index contributed by atoms with van der Waals surface area (Å²) >= 11 is 0. The van der Waals surface area contributed by atoms with Crippen molar-refractivity contribution in [1.29, 1.82) is 0 Å². The van der Waals surface area contributed by atoms with Gasteiger partial charge in [0, 0.05) is 29.8 Å². The molecule has 1 amide bonds. The number of carbonyl (C=O) groups excluding carboxylic acids is 1. The summed E-state index contributed by atoms with van der Waals surface area (Å²) in [5, 5.41) is 15.6. The number of hydrogen-bond donors (Lipinski definition) is 2. The molecule has 0 unspecified atom stereocenters. The Kier molecular flexibility index (Phi) is 2.98. The SMILES string of the molecule is O=C(O)c1n[nH]c2c1CN(C(=O)c1ccccc1)CC2. The molecule has 2 N–H and O–H groups in total. The van der Waals surface area contributed by atoms with Gasteiger partial charge in [0.05, 0.1) is 6.54 Å². The molecule has 102 valence electrons. The molecule has 0 atom stereocenters. The minimum atomic E-state index is -1.07. The number of amides is 1. The van der Waals surface area contributed by atoms with Crippen LogP contribution in [0.1, 0.15) is 32.1 Å². The lowest BCUT2D eigenvalue weighted by Gasteiger charge is -2.27. The number of H-pyrrole nitrogens is 1. The summed E-state index contributed by atoms with van der Waals surface area (Å²) in [5.74, 6) is -1.16. The highest BCUT2D eigenvalue weighted by Gasteiger charge is 2.27. The molecule has 0 spiro atoms. The zero-order valence-electron chi connectivity index (χ0n) is 10.7. The van der Waals surface area contributed by atoms with Crippen LogP contribution in [0.4, 0.5) is 0 Å². The van der Waals surface area contributed by atoms with Crippen molar-refractivity contribution in [2.24, 2.45) is 0 Å². The number of aromatic carboxylic acids is 1. The summed E-state index contributed by atoms with van der Waals surface area (Å²) in [7, 11) is 0. The van der Waals surface area contributed by atoms with E-state index in [2.05, 4.69) is 10.2 Å². The van der Waals surface area contributed by atoms with Gasteiger partial charge in [-0.1, -0.05) is 18.2 Å². The lowest BCUT2D eigenvalue weighted by molar-refractivity contribution is 0.0674. The van der Waals surface area contributed by atoms with Crippen LogP contribution >= 0.6 is 0 Å². The zero-order valence-corrected chi connectivity index (χ0v) is 10.7. The van der Waals surface area contributed by atoms with E-state index in [0.717, 1.165) is 5.69 Å². The highest BCUT2D eigenvalue weighted by Crippen LogP contribution is 2.21. The van der Waals surface area contributed by atoms with Gasteiger partial charge in [0.1, 0.15) is 0 Å². The predicted molar refractivity (Wildman–Crippen MR) is 70.4 cm³/mol. The van der Waals surface area contributed by atoms with Gasteiger partial charge in [-0.15, -0.1) is 0 Å². The number of fused-ring (bicyclic) bond motifs is 1. The molecule has 0 saturated heterocycles. The third kappa shape index (κ3) is 2.05. The largest absolute Gasteiger partial charge is 0.476 e. The molecule has 2 aromatic rings. The fraction of sp³-hybridized carbons (Fsp3) is 0.214. The van der Waals surface area contributed by atoms with Crippen LogP contribution in [0, 0.1) is 0 Å². The normalized spacial score (nSPS) is 13.9. The number of nitrogens with one attached hydrogen (secondary N) is 1. The molecular formula is C14H13N3O3. The number of carbonyl (C=O) groups is 2. The standard InChI is InChI=1S/C14H13N3O3/c18-13(9-4-2-1-3-5-9)17-7-6-11-10(8-17)12(14(19)20)16-15-11/h1-5H,6-8H2,(H,15,16)(H,19,20). The quantitative estimate of drug-likeness (QED) is 0.862. The van der Waals surface area contributed by atoms with Crippen molar-refractivity contribution in [2.75, 3.05) is 6.54 Å². The first-order chi connectivity index (χ1) is 9.66. The first-order valence-electron chi connectivity index (χ1n) is 6.30. The molecule has 0 radical (unpaired) electrons. The van der Waals surface area contributed by atoms with E-state index in [-0.39, 0.29) is 18.1 Å². The van der Waals surface area contributed by atoms with Crippen molar-refractivity contribution in [3.05, 3.63) is 52.8 Å². The van der Waals surface area contributed by atoms with Gasteiger partial charge in [0.2, 0.25) is 0 Å². The summed E-state index contributed by atoms with van der Waals surface area (Å²) in [4.78, 5) is 25.1. The number of carboxylic acid groups (broad SMARTS) is 1. The second-order valence-corrected chi connectivity index (χ2v) is 4.68. The van der Waals surface area contributed by atoms with E-state index >= 15 is 0 Å².